The van der Waals surface area contributed by atoms with E-state index in [1.54, 1.807) is 62.6 Å². The van der Waals surface area contributed by atoms with E-state index in [0.29, 0.717) is 22.6 Å². The van der Waals surface area contributed by atoms with Gasteiger partial charge in [0.1, 0.15) is 11.5 Å². The van der Waals surface area contributed by atoms with Crippen LogP contribution < -0.4 is 9.47 Å². The number of carbonyl (C=O) groups excluding carboxylic acids is 2. The van der Waals surface area contributed by atoms with Crippen LogP contribution in [0.15, 0.2) is 54.6 Å². The van der Waals surface area contributed by atoms with Crippen LogP contribution in [0.5, 0.6) is 11.5 Å². The Hall–Kier alpha value is -3.08. The van der Waals surface area contributed by atoms with Crippen LogP contribution >= 0.6 is 0 Å². The molecule has 1 atom stereocenters. The number of rotatable bonds is 7. The van der Waals surface area contributed by atoms with Crippen molar-refractivity contribution in [1.82, 2.24) is 0 Å². The van der Waals surface area contributed by atoms with Gasteiger partial charge in [-0.25, -0.2) is 4.79 Å². The van der Waals surface area contributed by atoms with E-state index in [1.165, 1.54) is 13.2 Å². The summed E-state index contributed by atoms with van der Waals surface area (Å²) < 4.78 is 15.6. The van der Waals surface area contributed by atoms with Crippen LogP contribution in [0.4, 0.5) is 0 Å². The summed E-state index contributed by atoms with van der Waals surface area (Å²) in [5.41, 5.74) is 1.20. The summed E-state index contributed by atoms with van der Waals surface area (Å²) >= 11 is 0. The van der Waals surface area contributed by atoms with Crippen molar-refractivity contribution in [1.29, 1.82) is 0 Å². The molecule has 0 N–H and O–H groups in total. The number of esters is 1. The van der Waals surface area contributed by atoms with Crippen molar-refractivity contribution in [2.45, 2.75) is 13.0 Å². The van der Waals surface area contributed by atoms with Crippen molar-refractivity contribution in [3.05, 3.63) is 65.7 Å². The van der Waals surface area contributed by atoms with E-state index in [2.05, 4.69) is 0 Å². The van der Waals surface area contributed by atoms with E-state index >= 15 is 0 Å². The summed E-state index contributed by atoms with van der Waals surface area (Å²) in [7, 11) is 3.10. The van der Waals surface area contributed by atoms with Crippen molar-refractivity contribution < 1.29 is 23.8 Å². The molecule has 0 aliphatic carbocycles. The second-order valence-electron chi connectivity index (χ2n) is 5.25. The molecular weight excluding hydrogens is 320 g/mol. The van der Waals surface area contributed by atoms with Gasteiger partial charge in [0.15, 0.2) is 6.10 Å². The van der Waals surface area contributed by atoms with E-state index < -0.39 is 12.1 Å². The molecule has 0 amide bonds. The molecule has 0 aliphatic heterocycles. The molecule has 25 heavy (non-hydrogen) atoms. The van der Waals surface area contributed by atoms with Gasteiger partial charge >= 0.3 is 5.97 Å². The van der Waals surface area contributed by atoms with Crippen LogP contribution in [0.1, 0.15) is 22.8 Å². The van der Waals surface area contributed by atoms with Gasteiger partial charge < -0.3 is 14.2 Å². The molecule has 5 heteroatoms. The molecule has 0 radical (unpaired) electrons. The third-order valence-electron chi connectivity index (χ3n) is 3.56. The zero-order valence-corrected chi connectivity index (χ0v) is 14.4. The first-order chi connectivity index (χ1) is 12.0. The minimum atomic E-state index is -0.864. The molecule has 0 aromatic heterocycles. The van der Waals surface area contributed by atoms with Crippen LogP contribution in [0, 0.1) is 0 Å². The minimum absolute atomic E-state index is 0.246. The van der Waals surface area contributed by atoms with E-state index in [9.17, 15) is 9.59 Å². The van der Waals surface area contributed by atoms with Crippen LogP contribution in [0.2, 0.25) is 0 Å². The lowest BCUT2D eigenvalue weighted by Gasteiger charge is -2.11. The lowest BCUT2D eigenvalue weighted by atomic mass is 10.1. The highest BCUT2D eigenvalue weighted by molar-refractivity contribution is 6.01. The predicted octanol–water partition coefficient (Wildman–Crippen LogP) is 3.53. The van der Waals surface area contributed by atoms with Gasteiger partial charge in [-0.1, -0.05) is 30.3 Å². The number of methoxy groups -OCH3 is 2. The highest BCUT2D eigenvalue weighted by Crippen LogP contribution is 2.25. The molecule has 0 fully saturated rings. The third-order valence-corrected chi connectivity index (χ3v) is 3.56. The molecule has 2 rings (SSSR count). The van der Waals surface area contributed by atoms with Gasteiger partial charge in [0.05, 0.1) is 14.2 Å². The van der Waals surface area contributed by atoms with Gasteiger partial charge in [-0.3, -0.25) is 4.79 Å². The van der Waals surface area contributed by atoms with Gasteiger partial charge in [0, 0.05) is 23.3 Å². The zero-order chi connectivity index (χ0) is 18.2. The topological polar surface area (TPSA) is 61.8 Å². The van der Waals surface area contributed by atoms with Gasteiger partial charge in [0.2, 0.25) is 5.78 Å². The molecule has 2 aromatic rings. The molecule has 0 saturated carbocycles. The Kier molecular flexibility index (Phi) is 6.34. The Morgan fingerprint density at radius 1 is 1.00 bits per heavy atom. The van der Waals surface area contributed by atoms with E-state index in [4.69, 9.17) is 14.2 Å². The monoisotopic (exact) mass is 340 g/mol. The first-order valence-corrected chi connectivity index (χ1v) is 7.75. The molecule has 5 nitrogen and oxygen atoms in total. The predicted molar refractivity (Wildman–Crippen MR) is 94.9 cm³/mol. The normalized spacial score (nSPS) is 11.8. The average molecular weight is 340 g/mol. The maximum atomic E-state index is 12.2. The first-order valence-electron chi connectivity index (χ1n) is 7.75. The van der Waals surface area contributed by atoms with Crippen molar-refractivity contribution in [3.63, 3.8) is 0 Å². The van der Waals surface area contributed by atoms with Crippen molar-refractivity contribution in [2.75, 3.05) is 14.2 Å². The summed E-state index contributed by atoms with van der Waals surface area (Å²) in [5, 5.41) is 0. The Morgan fingerprint density at radius 3 is 2.36 bits per heavy atom. The molecule has 1 unspecified atom stereocenters. The number of ether oxygens (including phenoxy) is 3. The standard InChI is InChI=1S/C20H20O5/c1-14(20(22)16-7-5-4-6-8-16)25-19(21)12-10-15-9-11-17(23-2)13-18(15)24-3/h4-14H,1-3H3/b12-10+. The minimum Gasteiger partial charge on any atom is -0.497 e. The smallest absolute Gasteiger partial charge is 0.331 e. The SMILES string of the molecule is COc1ccc(/C=C/C(=O)OC(C)C(=O)c2ccccc2)c(OC)c1. The number of hydrogen-bond acceptors (Lipinski definition) is 5. The second kappa shape index (κ2) is 8.68. The molecule has 2 aromatic carbocycles. The van der Waals surface area contributed by atoms with E-state index in [0.717, 1.165) is 0 Å². The second-order valence-corrected chi connectivity index (χ2v) is 5.25. The Morgan fingerprint density at radius 2 is 1.72 bits per heavy atom. The fraction of sp³-hybridized carbons (Fsp3) is 0.200. The lowest BCUT2D eigenvalue weighted by Crippen LogP contribution is -2.23. The molecule has 130 valence electrons. The maximum absolute atomic E-state index is 12.2. The summed E-state index contributed by atoms with van der Waals surface area (Å²) in [5.74, 6) is 0.370. The van der Waals surface area contributed by atoms with E-state index in [-0.39, 0.29) is 5.78 Å². The van der Waals surface area contributed by atoms with Gasteiger partial charge in [-0.15, -0.1) is 0 Å². The zero-order valence-electron chi connectivity index (χ0n) is 14.4. The van der Waals surface area contributed by atoms with Crippen LogP contribution in [-0.4, -0.2) is 32.1 Å². The number of ketones is 1. The Bertz CT molecular complexity index is 765. The molecule has 0 bridgehead atoms. The first kappa shape index (κ1) is 18.3. The fourth-order valence-corrected chi connectivity index (χ4v) is 2.22. The Labute approximate surface area is 146 Å². The van der Waals surface area contributed by atoms with E-state index in [1.807, 2.05) is 6.07 Å². The number of benzene rings is 2. The van der Waals surface area contributed by atoms with Gasteiger partial charge in [0.25, 0.3) is 0 Å². The number of hydrogen-bond donors (Lipinski definition) is 0. The molecule has 0 saturated heterocycles. The molecule has 0 heterocycles. The van der Waals surface area contributed by atoms with Crippen LogP contribution in [0.25, 0.3) is 6.08 Å². The summed E-state index contributed by atoms with van der Waals surface area (Å²) in [6, 6.07) is 13.9. The van der Waals surface area contributed by atoms with Crippen molar-refractivity contribution in [2.24, 2.45) is 0 Å². The lowest BCUT2D eigenvalue weighted by molar-refractivity contribution is -0.140. The number of Topliss-reactive ketones (excluding diaryl/α,β-unsaturated/α-hetero) is 1. The van der Waals surface area contributed by atoms with Crippen molar-refractivity contribution in [3.8, 4) is 11.5 Å². The average Bonchev–Trinajstić information content (AvgIpc) is 2.66. The highest BCUT2D eigenvalue weighted by Gasteiger charge is 2.18. The molecule has 0 aliphatic rings. The molecular formula is C20H20O5. The highest BCUT2D eigenvalue weighted by atomic mass is 16.5. The summed E-state index contributed by atoms with van der Waals surface area (Å²) in [6.45, 7) is 1.55. The number of carbonyl (C=O) groups is 2. The quantitative estimate of drug-likeness (QED) is 0.438. The largest absolute Gasteiger partial charge is 0.497 e. The summed E-state index contributed by atoms with van der Waals surface area (Å²) in [6.07, 6.45) is 1.97. The van der Waals surface area contributed by atoms with Crippen LogP contribution in [0.3, 0.4) is 0 Å². The van der Waals surface area contributed by atoms with Crippen LogP contribution in [-0.2, 0) is 9.53 Å². The molecule has 0 spiro atoms. The summed E-state index contributed by atoms with van der Waals surface area (Å²) in [4.78, 5) is 24.1. The fourth-order valence-electron chi connectivity index (χ4n) is 2.22. The van der Waals surface area contributed by atoms with Crippen molar-refractivity contribution >= 4 is 17.8 Å². The van der Waals surface area contributed by atoms with Gasteiger partial charge in [-0.2, -0.15) is 0 Å². The van der Waals surface area contributed by atoms with Gasteiger partial charge in [-0.05, 0) is 25.1 Å². The maximum Gasteiger partial charge on any atom is 0.331 e. The third kappa shape index (κ3) is 4.94. The Balaban J connectivity index is 2.02.